The van der Waals surface area contributed by atoms with Crippen molar-refractivity contribution in [2.75, 3.05) is 0 Å². The molecule has 8 heteroatoms. The lowest BCUT2D eigenvalue weighted by Crippen LogP contribution is -2.28. The monoisotopic (exact) mass is 359 g/mol. The number of hydrogen-bond donors (Lipinski definition) is 3. The van der Waals surface area contributed by atoms with Crippen molar-refractivity contribution in [3.8, 4) is 0 Å². The molecular weight excluding hydrogens is 342 g/mol. The first-order valence-electron chi connectivity index (χ1n) is 7.83. The third-order valence-corrected chi connectivity index (χ3v) is 4.10. The van der Waals surface area contributed by atoms with Gasteiger partial charge in [0.25, 0.3) is 5.91 Å². The number of halogens is 1. The maximum atomic E-state index is 12.6. The fourth-order valence-electron chi connectivity index (χ4n) is 2.48. The van der Waals surface area contributed by atoms with Crippen LogP contribution in [0.3, 0.4) is 0 Å². The molecule has 1 amide bonds. The zero-order valence-electron chi connectivity index (χ0n) is 14.0. The average Bonchev–Trinajstić information content (AvgIpc) is 3.04. The smallest absolute Gasteiger partial charge is 0.253 e. The number of nitrogens with zero attached hydrogens (tertiary/aromatic N) is 3. The second-order valence-corrected chi connectivity index (χ2v) is 6.34. The number of aryl methyl sites for hydroxylation is 1. The first-order chi connectivity index (χ1) is 11.8. The molecule has 0 spiro atoms. The summed E-state index contributed by atoms with van der Waals surface area (Å²) in [5.41, 5.74) is 1.84. The molecule has 2 atom stereocenters. The zero-order chi connectivity index (χ0) is 18.1. The summed E-state index contributed by atoms with van der Waals surface area (Å²) in [6, 6.07) is 6.75. The Morgan fingerprint density at radius 3 is 2.72 bits per heavy atom. The molecule has 2 heterocycles. The highest BCUT2D eigenvalue weighted by Gasteiger charge is 2.18. The van der Waals surface area contributed by atoms with Crippen molar-refractivity contribution in [3.63, 3.8) is 0 Å². The largest absolute Gasteiger partial charge is 0.385 e. The van der Waals surface area contributed by atoms with Gasteiger partial charge in [0.1, 0.15) is 11.9 Å². The minimum Gasteiger partial charge on any atom is -0.385 e. The second kappa shape index (κ2) is 6.78. The number of aromatic nitrogens is 4. The van der Waals surface area contributed by atoms with Gasteiger partial charge in [-0.2, -0.15) is 5.10 Å². The number of H-pyrrole nitrogens is 1. The van der Waals surface area contributed by atoms with Gasteiger partial charge in [0.15, 0.2) is 5.82 Å². The lowest BCUT2D eigenvalue weighted by atomic mass is 10.1. The molecule has 0 aliphatic heterocycles. The number of benzene rings is 1. The van der Waals surface area contributed by atoms with Gasteiger partial charge in [0.05, 0.1) is 22.8 Å². The molecule has 25 heavy (non-hydrogen) atoms. The van der Waals surface area contributed by atoms with E-state index in [2.05, 4.69) is 25.5 Å². The van der Waals surface area contributed by atoms with Crippen LogP contribution >= 0.6 is 11.6 Å². The number of hydrogen-bond acceptors (Lipinski definition) is 5. The normalized spacial score (nSPS) is 13.6. The van der Waals surface area contributed by atoms with Gasteiger partial charge in [0.2, 0.25) is 0 Å². The summed E-state index contributed by atoms with van der Waals surface area (Å²) in [5.74, 6) is 0.503. The third-order valence-electron chi connectivity index (χ3n) is 3.87. The second-order valence-electron chi connectivity index (χ2n) is 5.91. The Morgan fingerprint density at radius 2 is 2.04 bits per heavy atom. The van der Waals surface area contributed by atoms with E-state index < -0.39 is 12.1 Å². The van der Waals surface area contributed by atoms with Crippen molar-refractivity contribution in [2.24, 2.45) is 0 Å². The Hall–Kier alpha value is -2.51. The minimum atomic E-state index is -0.772. The van der Waals surface area contributed by atoms with Gasteiger partial charge >= 0.3 is 0 Å². The Labute approximate surface area is 149 Å². The number of fused-ring (bicyclic) bond motifs is 1. The lowest BCUT2D eigenvalue weighted by molar-refractivity contribution is 0.0937. The van der Waals surface area contributed by atoms with Crippen LogP contribution in [0.5, 0.6) is 0 Å². The summed E-state index contributed by atoms with van der Waals surface area (Å²) in [6.45, 7) is 5.14. The summed E-state index contributed by atoms with van der Waals surface area (Å²) in [4.78, 5) is 21.2. The van der Waals surface area contributed by atoms with Crippen molar-refractivity contribution in [1.29, 1.82) is 0 Å². The molecule has 0 bridgehead atoms. The molecule has 0 radical (unpaired) electrons. The number of nitrogens with one attached hydrogen (secondary N) is 2. The van der Waals surface area contributed by atoms with Crippen molar-refractivity contribution >= 4 is 28.4 Å². The van der Waals surface area contributed by atoms with Crippen molar-refractivity contribution in [2.45, 2.75) is 32.9 Å². The van der Waals surface area contributed by atoms with Gasteiger partial charge in [-0.05, 0) is 39.0 Å². The molecule has 0 aliphatic rings. The molecule has 0 fully saturated rings. The topological polar surface area (TPSA) is 104 Å². The Bertz CT molecular complexity index is 938. The number of amides is 1. The Balaban J connectivity index is 1.83. The van der Waals surface area contributed by atoms with Gasteiger partial charge in [-0.1, -0.05) is 17.7 Å². The number of aliphatic hydroxyl groups excluding tert-OH is 1. The van der Waals surface area contributed by atoms with Gasteiger partial charge < -0.3 is 10.4 Å². The van der Waals surface area contributed by atoms with E-state index in [-0.39, 0.29) is 11.7 Å². The van der Waals surface area contributed by atoms with Crippen LogP contribution in [0.25, 0.3) is 10.9 Å². The first kappa shape index (κ1) is 17.3. The molecule has 7 nitrogen and oxygen atoms in total. The highest BCUT2D eigenvalue weighted by Crippen LogP contribution is 2.21. The number of carbonyl (C=O) groups is 1. The van der Waals surface area contributed by atoms with Gasteiger partial charge in [0, 0.05) is 10.4 Å². The number of pyridine rings is 1. The van der Waals surface area contributed by atoms with E-state index in [9.17, 15) is 9.90 Å². The SMILES string of the molecule is Cc1nc2cc(Cl)ccc2cc1C(=O)NC(C)c1nc(C(C)O)n[nH]1. The van der Waals surface area contributed by atoms with E-state index in [0.29, 0.717) is 22.1 Å². The van der Waals surface area contributed by atoms with E-state index in [1.165, 1.54) is 0 Å². The number of aliphatic hydroxyl groups is 1. The van der Waals surface area contributed by atoms with Gasteiger partial charge in [-0.3, -0.25) is 14.9 Å². The zero-order valence-corrected chi connectivity index (χ0v) is 14.8. The third kappa shape index (κ3) is 3.62. The van der Waals surface area contributed by atoms with Gasteiger partial charge in [-0.25, -0.2) is 4.98 Å². The van der Waals surface area contributed by atoms with Crippen molar-refractivity contribution in [1.82, 2.24) is 25.5 Å². The summed E-state index contributed by atoms with van der Waals surface area (Å²) < 4.78 is 0. The molecule has 1 aromatic carbocycles. The maximum absolute atomic E-state index is 12.6. The Kier molecular flexibility index (Phi) is 4.69. The molecule has 3 N–H and O–H groups in total. The van der Waals surface area contributed by atoms with Crippen LogP contribution in [0, 0.1) is 6.92 Å². The summed E-state index contributed by atoms with van der Waals surface area (Å²) in [5, 5.41) is 20.4. The maximum Gasteiger partial charge on any atom is 0.253 e. The molecule has 0 aliphatic carbocycles. The fraction of sp³-hybridized carbons (Fsp3) is 0.294. The number of carbonyl (C=O) groups excluding carboxylic acids is 1. The van der Waals surface area contributed by atoms with E-state index in [1.807, 2.05) is 6.07 Å². The summed E-state index contributed by atoms with van der Waals surface area (Å²) >= 11 is 5.98. The predicted molar refractivity (Wildman–Crippen MR) is 94.4 cm³/mol. The molecule has 130 valence electrons. The minimum absolute atomic E-state index is 0.260. The van der Waals surface area contributed by atoms with Crippen molar-refractivity contribution < 1.29 is 9.90 Å². The van der Waals surface area contributed by atoms with E-state index in [4.69, 9.17) is 11.6 Å². The van der Waals surface area contributed by atoms with Crippen LogP contribution in [0.1, 0.15) is 53.7 Å². The molecule has 3 rings (SSSR count). The summed E-state index contributed by atoms with van der Waals surface area (Å²) in [7, 11) is 0. The standard InChI is InChI=1S/C17H18ClN5O2/c1-8-13(6-11-4-5-12(18)7-14(11)19-8)17(25)20-9(2)15-21-16(10(3)24)23-22-15/h4-7,9-10,24H,1-3H3,(H,20,25)(H,21,22,23). The Morgan fingerprint density at radius 1 is 1.28 bits per heavy atom. The fourth-order valence-corrected chi connectivity index (χ4v) is 2.64. The summed E-state index contributed by atoms with van der Waals surface area (Å²) in [6.07, 6.45) is -0.772. The molecule has 3 aromatic rings. The quantitative estimate of drug-likeness (QED) is 0.664. The van der Waals surface area contributed by atoms with Crippen LogP contribution in [0.15, 0.2) is 24.3 Å². The van der Waals surface area contributed by atoms with Gasteiger partial charge in [-0.15, -0.1) is 0 Å². The molecule has 2 aromatic heterocycles. The highest BCUT2D eigenvalue weighted by atomic mass is 35.5. The van der Waals surface area contributed by atoms with Crippen molar-refractivity contribution in [3.05, 3.63) is 52.2 Å². The first-order valence-corrected chi connectivity index (χ1v) is 8.21. The van der Waals surface area contributed by atoms with Crippen LogP contribution in [-0.4, -0.2) is 31.2 Å². The lowest BCUT2D eigenvalue weighted by Gasteiger charge is -2.13. The average molecular weight is 360 g/mol. The molecule has 0 saturated carbocycles. The van der Waals surface area contributed by atoms with E-state index >= 15 is 0 Å². The van der Waals surface area contributed by atoms with E-state index in [1.54, 1.807) is 39.0 Å². The highest BCUT2D eigenvalue weighted by molar-refractivity contribution is 6.31. The van der Waals surface area contributed by atoms with Crippen LogP contribution in [0.2, 0.25) is 5.02 Å². The number of rotatable bonds is 4. The van der Waals surface area contributed by atoms with Crippen LogP contribution in [0.4, 0.5) is 0 Å². The predicted octanol–water partition coefficient (Wildman–Crippen LogP) is 2.86. The molecule has 2 unspecified atom stereocenters. The number of aromatic amines is 1. The molecular formula is C17H18ClN5O2. The molecule has 0 saturated heterocycles. The van der Waals surface area contributed by atoms with Crippen LogP contribution < -0.4 is 5.32 Å². The van der Waals surface area contributed by atoms with Crippen LogP contribution in [-0.2, 0) is 0 Å². The van der Waals surface area contributed by atoms with E-state index in [0.717, 1.165) is 10.9 Å².